The van der Waals surface area contributed by atoms with Crippen molar-refractivity contribution in [1.82, 2.24) is 0 Å². The Morgan fingerprint density at radius 2 is 2.05 bits per heavy atom. The molecule has 0 radical (unpaired) electrons. The third kappa shape index (κ3) is 2.25. The lowest BCUT2D eigenvalue weighted by molar-refractivity contribution is -0.137. The number of cyclic esters (lactones) is 2. The molecule has 1 aliphatic heterocycles. The SMILES string of the molecule is C=C(C(=O)OCCO)c1cccc2c1C(=O)OC2=O. The maximum Gasteiger partial charge on any atom is 0.347 e. The van der Waals surface area contributed by atoms with Gasteiger partial charge in [-0.1, -0.05) is 18.7 Å². The van der Waals surface area contributed by atoms with Crippen molar-refractivity contribution < 1.29 is 29.0 Å². The topological polar surface area (TPSA) is 89.9 Å². The number of benzene rings is 1. The Labute approximate surface area is 108 Å². The van der Waals surface area contributed by atoms with Crippen LogP contribution in [0.1, 0.15) is 26.3 Å². The summed E-state index contributed by atoms with van der Waals surface area (Å²) in [4.78, 5) is 34.6. The third-order valence-corrected chi connectivity index (χ3v) is 2.57. The van der Waals surface area contributed by atoms with Crippen LogP contribution in [0.25, 0.3) is 5.57 Å². The van der Waals surface area contributed by atoms with Crippen molar-refractivity contribution in [3.05, 3.63) is 41.5 Å². The molecule has 0 unspecified atom stereocenters. The minimum atomic E-state index is -0.813. The van der Waals surface area contributed by atoms with E-state index < -0.39 is 17.9 Å². The zero-order chi connectivity index (χ0) is 14.0. The van der Waals surface area contributed by atoms with Crippen LogP contribution in [-0.4, -0.2) is 36.2 Å². The Kier molecular flexibility index (Phi) is 3.43. The lowest BCUT2D eigenvalue weighted by atomic mass is 9.97. The van der Waals surface area contributed by atoms with E-state index in [-0.39, 0.29) is 35.5 Å². The summed E-state index contributed by atoms with van der Waals surface area (Å²) in [7, 11) is 0. The second-order valence-electron chi connectivity index (χ2n) is 3.74. The van der Waals surface area contributed by atoms with Gasteiger partial charge in [-0.25, -0.2) is 14.4 Å². The van der Waals surface area contributed by atoms with E-state index in [4.69, 9.17) is 9.84 Å². The molecule has 0 saturated heterocycles. The monoisotopic (exact) mass is 262 g/mol. The van der Waals surface area contributed by atoms with E-state index in [2.05, 4.69) is 11.3 Å². The van der Waals surface area contributed by atoms with Crippen molar-refractivity contribution in [2.24, 2.45) is 0 Å². The Bertz CT molecular complexity index is 587. The van der Waals surface area contributed by atoms with Gasteiger partial charge in [0.25, 0.3) is 0 Å². The summed E-state index contributed by atoms with van der Waals surface area (Å²) < 4.78 is 9.18. The van der Waals surface area contributed by atoms with E-state index in [1.807, 2.05) is 0 Å². The van der Waals surface area contributed by atoms with Crippen LogP contribution in [0.15, 0.2) is 24.8 Å². The molecule has 98 valence electrons. The van der Waals surface area contributed by atoms with Crippen LogP contribution in [0, 0.1) is 0 Å². The smallest absolute Gasteiger partial charge is 0.347 e. The van der Waals surface area contributed by atoms with Gasteiger partial charge < -0.3 is 14.6 Å². The first-order chi connectivity index (χ1) is 9.06. The molecule has 0 atom stereocenters. The maximum absolute atomic E-state index is 11.6. The second-order valence-corrected chi connectivity index (χ2v) is 3.74. The quantitative estimate of drug-likeness (QED) is 0.484. The molecular formula is C13H10O6. The van der Waals surface area contributed by atoms with Crippen LogP contribution >= 0.6 is 0 Å². The molecular weight excluding hydrogens is 252 g/mol. The molecule has 6 nitrogen and oxygen atoms in total. The summed E-state index contributed by atoms with van der Waals surface area (Å²) in [5, 5.41) is 8.57. The molecule has 1 aliphatic rings. The molecule has 0 spiro atoms. The third-order valence-electron chi connectivity index (χ3n) is 2.57. The normalized spacial score (nSPS) is 12.9. The number of fused-ring (bicyclic) bond motifs is 1. The van der Waals surface area contributed by atoms with Crippen molar-refractivity contribution in [1.29, 1.82) is 0 Å². The van der Waals surface area contributed by atoms with Crippen LogP contribution in [0.4, 0.5) is 0 Å². The largest absolute Gasteiger partial charge is 0.460 e. The molecule has 0 aromatic heterocycles. The Morgan fingerprint density at radius 1 is 1.32 bits per heavy atom. The highest BCUT2D eigenvalue weighted by atomic mass is 16.6. The van der Waals surface area contributed by atoms with Gasteiger partial charge in [0.05, 0.1) is 23.3 Å². The first kappa shape index (κ1) is 13.0. The van der Waals surface area contributed by atoms with Crippen LogP contribution in [0.2, 0.25) is 0 Å². The van der Waals surface area contributed by atoms with Gasteiger partial charge >= 0.3 is 17.9 Å². The van der Waals surface area contributed by atoms with Crippen LogP contribution in [0.3, 0.4) is 0 Å². The zero-order valence-corrected chi connectivity index (χ0v) is 9.84. The zero-order valence-electron chi connectivity index (χ0n) is 9.84. The van der Waals surface area contributed by atoms with Gasteiger partial charge in [0.1, 0.15) is 6.61 Å². The van der Waals surface area contributed by atoms with Crippen molar-refractivity contribution in [3.8, 4) is 0 Å². The molecule has 1 aromatic rings. The number of carbonyl (C=O) groups excluding carboxylic acids is 3. The molecule has 2 rings (SSSR count). The van der Waals surface area contributed by atoms with Gasteiger partial charge in [0.2, 0.25) is 0 Å². The standard InChI is InChI=1S/C13H10O6/c1-7(11(15)18-6-5-14)8-3-2-4-9-10(8)13(17)19-12(9)16/h2-4,14H,1,5-6H2. The van der Waals surface area contributed by atoms with Crippen molar-refractivity contribution in [3.63, 3.8) is 0 Å². The second kappa shape index (κ2) is 5.03. The fourth-order valence-electron chi connectivity index (χ4n) is 1.72. The minimum Gasteiger partial charge on any atom is -0.460 e. The molecule has 6 heteroatoms. The van der Waals surface area contributed by atoms with Gasteiger partial charge in [-0.15, -0.1) is 0 Å². The van der Waals surface area contributed by atoms with E-state index in [1.165, 1.54) is 18.2 Å². The minimum absolute atomic E-state index is 0.0125. The fourth-order valence-corrected chi connectivity index (χ4v) is 1.72. The highest BCUT2D eigenvalue weighted by molar-refractivity contribution is 6.23. The number of esters is 3. The lowest BCUT2D eigenvalue weighted by Gasteiger charge is -2.08. The Hall–Kier alpha value is -2.47. The van der Waals surface area contributed by atoms with Crippen LogP contribution < -0.4 is 0 Å². The Balaban J connectivity index is 2.37. The summed E-state index contributed by atoms with van der Waals surface area (Å²) in [6, 6.07) is 4.41. The first-order valence-corrected chi connectivity index (χ1v) is 5.43. The van der Waals surface area contributed by atoms with Gasteiger partial charge in [0, 0.05) is 5.56 Å². The molecule has 0 bridgehead atoms. The molecule has 19 heavy (non-hydrogen) atoms. The average Bonchev–Trinajstić information content (AvgIpc) is 2.70. The van der Waals surface area contributed by atoms with Gasteiger partial charge in [-0.3, -0.25) is 0 Å². The number of aliphatic hydroxyl groups is 1. The molecule has 1 heterocycles. The van der Waals surface area contributed by atoms with Crippen LogP contribution in [0.5, 0.6) is 0 Å². The molecule has 1 N–H and O–H groups in total. The number of aliphatic hydroxyl groups excluding tert-OH is 1. The van der Waals surface area contributed by atoms with E-state index in [0.717, 1.165) is 0 Å². The summed E-state index contributed by atoms with van der Waals surface area (Å²) in [6.45, 7) is 3.06. The predicted molar refractivity (Wildman–Crippen MR) is 63.3 cm³/mol. The number of ether oxygens (including phenoxy) is 2. The fraction of sp³-hybridized carbons (Fsp3) is 0.154. The van der Waals surface area contributed by atoms with Gasteiger partial charge in [-0.05, 0) is 6.07 Å². The highest BCUT2D eigenvalue weighted by Crippen LogP contribution is 2.28. The van der Waals surface area contributed by atoms with Gasteiger partial charge in [-0.2, -0.15) is 0 Å². The van der Waals surface area contributed by atoms with Crippen LogP contribution in [-0.2, 0) is 14.3 Å². The van der Waals surface area contributed by atoms with E-state index in [0.29, 0.717) is 0 Å². The van der Waals surface area contributed by atoms with Crippen molar-refractivity contribution in [2.75, 3.05) is 13.2 Å². The van der Waals surface area contributed by atoms with Crippen molar-refractivity contribution >= 4 is 23.5 Å². The molecule has 1 aromatic carbocycles. The van der Waals surface area contributed by atoms with Gasteiger partial charge in [0.15, 0.2) is 0 Å². The average molecular weight is 262 g/mol. The summed E-state index contributed by atoms with van der Waals surface area (Å²) in [5.74, 6) is -2.33. The molecule has 0 fully saturated rings. The highest BCUT2D eigenvalue weighted by Gasteiger charge is 2.33. The summed E-state index contributed by atoms with van der Waals surface area (Å²) in [5.41, 5.74) is 0.227. The number of hydrogen-bond acceptors (Lipinski definition) is 6. The lowest BCUT2D eigenvalue weighted by Crippen LogP contribution is -2.11. The summed E-state index contributed by atoms with van der Waals surface area (Å²) in [6.07, 6.45) is 0. The predicted octanol–water partition coefficient (Wildman–Crippen LogP) is 0.546. The maximum atomic E-state index is 11.6. The van der Waals surface area contributed by atoms with E-state index >= 15 is 0 Å². The molecule has 0 saturated carbocycles. The number of rotatable bonds is 4. The van der Waals surface area contributed by atoms with E-state index in [9.17, 15) is 14.4 Å². The Morgan fingerprint density at radius 3 is 2.74 bits per heavy atom. The van der Waals surface area contributed by atoms with E-state index in [1.54, 1.807) is 0 Å². The summed E-state index contributed by atoms with van der Waals surface area (Å²) >= 11 is 0. The number of hydrogen-bond donors (Lipinski definition) is 1. The molecule has 0 aliphatic carbocycles. The number of carbonyl (C=O) groups is 3. The molecule has 0 amide bonds. The van der Waals surface area contributed by atoms with Crippen molar-refractivity contribution in [2.45, 2.75) is 0 Å². The first-order valence-electron chi connectivity index (χ1n) is 5.43.